The van der Waals surface area contributed by atoms with Crippen LogP contribution in [0.2, 0.25) is 0 Å². The average molecular weight is 416 g/mol. The van der Waals surface area contributed by atoms with Crippen LogP contribution in [0.25, 0.3) is 0 Å². The quantitative estimate of drug-likeness (QED) is 0.270. The van der Waals surface area contributed by atoms with Crippen LogP contribution in [0.3, 0.4) is 0 Å². The van der Waals surface area contributed by atoms with Crippen LogP contribution < -0.4 is 67.3 Å². The molecule has 0 aliphatic heterocycles. The minimum Gasteiger partial charge on any atom is -0.744 e. The Morgan fingerprint density at radius 1 is 0.654 bits per heavy atom. The molecule has 5 nitrogen and oxygen atoms in total. The molecule has 8 heteroatoms. The Kier molecular flexibility index (Phi) is 11.2. The molecule has 3 rings (SSSR count). The Bertz CT molecular complexity index is 866. The first-order chi connectivity index (χ1) is 11.1. The summed E-state index contributed by atoms with van der Waals surface area (Å²) in [7, 11) is -5.38. The van der Waals surface area contributed by atoms with Gasteiger partial charge in [0.15, 0.2) is 0 Å². The summed E-state index contributed by atoms with van der Waals surface area (Å²) < 4.78 is 34.0. The van der Waals surface area contributed by atoms with E-state index in [4.69, 9.17) is 0 Å². The summed E-state index contributed by atoms with van der Waals surface area (Å²) in [6, 6.07) is 26.2. The second kappa shape index (κ2) is 11.4. The van der Waals surface area contributed by atoms with Gasteiger partial charge in [-0.3, -0.25) is 0 Å². The summed E-state index contributed by atoms with van der Waals surface area (Å²) in [6.07, 6.45) is 0. The smallest absolute Gasteiger partial charge is 0.744 e. The summed E-state index contributed by atoms with van der Waals surface area (Å²) in [6.45, 7) is 0. The van der Waals surface area contributed by atoms with Crippen LogP contribution in [-0.2, 0) is 10.1 Å². The van der Waals surface area contributed by atoms with E-state index in [1.165, 1.54) is 12.1 Å². The molecule has 0 spiro atoms. The molecule has 3 aromatic rings. The molecule has 26 heavy (non-hydrogen) atoms. The molecule has 0 atom stereocenters. The van der Waals surface area contributed by atoms with Crippen molar-refractivity contribution in [3.05, 3.63) is 84.9 Å². The Labute approximate surface area is 197 Å². The number of hydrogen-bond acceptors (Lipinski definition) is 3. The molecule has 3 aromatic carbocycles. The molecular weight excluding hydrogens is 398 g/mol. The van der Waals surface area contributed by atoms with Crippen LogP contribution in [-0.4, -0.2) is 23.9 Å². The van der Waals surface area contributed by atoms with Crippen LogP contribution >= 0.6 is 7.92 Å². The van der Waals surface area contributed by atoms with Crippen molar-refractivity contribution in [3.8, 4) is 0 Å². The molecule has 0 aliphatic rings. The fourth-order valence-corrected chi connectivity index (χ4v) is 5.32. The predicted octanol–water partition coefficient (Wildman–Crippen LogP) is -2.30. The van der Waals surface area contributed by atoms with Gasteiger partial charge in [0.1, 0.15) is 10.1 Å². The van der Waals surface area contributed by atoms with Crippen molar-refractivity contribution >= 4 is 34.0 Å². The predicted molar refractivity (Wildman–Crippen MR) is 100 cm³/mol. The largest absolute Gasteiger partial charge is 1.00 e. The van der Waals surface area contributed by atoms with Gasteiger partial charge in [-0.1, -0.05) is 72.8 Å². The first-order valence-corrected chi connectivity index (χ1v) is 9.77. The van der Waals surface area contributed by atoms with Crippen molar-refractivity contribution < 1.29 is 75.3 Å². The van der Waals surface area contributed by atoms with E-state index in [1.807, 2.05) is 66.7 Å². The van der Waals surface area contributed by atoms with E-state index in [1.54, 1.807) is 6.07 Å². The molecule has 0 fully saturated rings. The van der Waals surface area contributed by atoms with E-state index in [9.17, 15) is 13.0 Å². The van der Waals surface area contributed by atoms with Crippen LogP contribution in [0.15, 0.2) is 89.8 Å². The summed E-state index contributed by atoms with van der Waals surface area (Å²) in [4.78, 5) is -0.186. The molecule has 0 radical (unpaired) electrons. The minimum atomic E-state index is -4.46. The Balaban J connectivity index is 0.00000208. The van der Waals surface area contributed by atoms with E-state index in [2.05, 4.69) is 0 Å². The molecule has 0 amide bonds. The second-order valence-electron chi connectivity index (χ2n) is 4.96. The van der Waals surface area contributed by atoms with Crippen molar-refractivity contribution in [3.63, 3.8) is 0 Å². The van der Waals surface area contributed by atoms with Crippen molar-refractivity contribution in [2.75, 3.05) is 0 Å². The minimum absolute atomic E-state index is 0. The van der Waals surface area contributed by atoms with E-state index in [0.717, 1.165) is 15.9 Å². The van der Waals surface area contributed by atoms with Crippen molar-refractivity contribution in [2.24, 2.45) is 0 Å². The molecule has 0 aliphatic carbocycles. The van der Waals surface area contributed by atoms with Crippen LogP contribution in [0.4, 0.5) is 0 Å². The van der Waals surface area contributed by atoms with Crippen LogP contribution in [0, 0.1) is 0 Å². The summed E-state index contributed by atoms with van der Waals surface area (Å²) >= 11 is 0. The SMILES string of the molecule is O.O.O=S(=O)([O-])c1cccc(P(c2ccccc2)c2ccccc2)c1.[K+]. The van der Waals surface area contributed by atoms with Gasteiger partial charge in [0.2, 0.25) is 0 Å². The Hall–Kier alpha value is -0.444. The summed E-state index contributed by atoms with van der Waals surface area (Å²) in [5.41, 5.74) is 0. The molecule has 0 aromatic heterocycles. The van der Waals surface area contributed by atoms with Gasteiger partial charge >= 0.3 is 51.4 Å². The molecular formula is C18H18KO5PS. The van der Waals surface area contributed by atoms with Gasteiger partial charge in [-0.05, 0) is 36.0 Å². The van der Waals surface area contributed by atoms with E-state index in [0.29, 0.717) is 0 Å². The maximum absolute atomic E-state index is 11.3. The van der Waals surface area contributed by atoms with Crippen molar-refractivity contribution in [1.29, 1.82) is 0 Å². The van der Waals surface area contributed by atoms with Crippen molar-refractivity contribution in [2.45, 2.75) is 4.90 Å². The Morgan fingerprint density at radius 3 is 1.50 bits per heavy atom. The van der Waals surface area contributed by atoms with Gasteiger partial charge in [0, 0.05) is 0 Å². The molecule has 4 N–H and O–H groups in total. The van der Waals surface area contributed by atoms with E-state index >= 15 is 0 Å². The standard InChI is InChI=1S/C18H15O3PS.K.2H2O/c19-23(20,21)18-13-7-12-17(14-18)22(15-8-3-1-4-9-15)16-10-5-2-6-11-16;;;/h1-14H,(H,19,20,21);;2*1H2/q;+1;;/p-1. The van der Waals surface area contributed by atoms with E-state index < -0.39 is 18.0 Å². The zero-order chi connectivity index (χ0) is 16.3. The molecule has 132 valence electrons. The third-order valence-electron chi connectivity index (χ3n) is 3.39. The topological polar surface area (TPSA) is 120 Å². The molecule has 0 heterocycles. The third kappa shape index (κ3) is 6.32. The number of hydrogen-bond donors (Lipinski definition) is 0. The summed E-state index contributed by atoms with van der Waals surface area (Å²) in [5.74, 6) is 0. The number of rotatable bonds is 4. The zero-order valence-corrected chi connectivity index (χ0v) is 19.0. The van der Waals surface area contributed by atoms with Gasteiger partial charge in [0.25, 0.3) is 0 Å². The first-order valence-electron chi connectivity index (χ1n) is 7.02. The summed E-state index contributed by atoms with van der Waals surface area (Å²) in [5, 5.41) is 3.05. The fourth-order valence-electron chi connectivity index (χ4n) is 2.38. The van der Waals surface area contributed by atoms with Gasteiger partial charge < -0.3 is 15.5 Å². The van der Waals surface area contributed by atoms with Crippen LogP contribution in [0.5, 0.6) is 0 Å². The normalized spacial score (nSPS) is 10.2. The van der Waals surface area contributed by atoms with Gasteiger partial charge in [-0.2, -0.15) is 0 Å². The first kappa shape index (κ1) is 25.6. The molecule has 0 bridgehead atoms. The molecule has 0 saturated heterocycles. The van der Waals surface area contributed by atoms with Gasteiger partial charge in [-0.25, -0.2) is 8.42 Å². The zero-order valence-electron chi connectivity index (χ0n) is 14.2. The molecule has 0 unspecified atom stereocenters. The van der Waals surface area contributed by atoms with Crippen molar-refractivity contribution in [1.82, 2.24) is 0 Å². The number of benzene rings is 3. The van der Waals surface area contributed by atoms with Gasteiger partial charge in [-0.15, -0.1) is 0 Å². The maximum Gasteiger partial charge on any atom is 1.00 e. The monoisotopic (exact) mass is 416 g/mol. The second-order valence-corrected chi connectivity index (χ2v) is 8.56. The third-order valence-corrected chi connectivity index (χ3v) is 6.65. The average Bonchev–Trinajstić information content (AvgIpc) is 2.57. The van der Waals surface area contributed by atoms with Crippen LogP contribution in [0.1, 0.15) is 0 Å². The van der Waals surface area contributed by atoms with Gasteiger partial charge in [0.05, 0.1) is 4.90 Å². The fraction of sp³-hybridized carbons (Fsp3) is 0. The maximum atomic E-state index is 11.3. The Morgan fingerprint density at radius 2 is 1.08 bits per heavy atom. The molecule has 0 saturated carbocycles. The van der Waals surface area contributed by atoms with E-state index in [-0.39, 0.29) is 67.2 Å².